The Labute approximate surface area is 136 Å². The van der Waals surface area contributed by atoms with Crippen LogP contribution in [0.3, 0.4) is 0 Å². The Morgan fingerprint density at radius 2 is 0.773 bits per heavy atom. The van der Waals surface area contributed by atoms with Gasteiger partial charge in [-0.1, -0.05) is 0 Å². The summed E-state index contributed by atoms with van der Waals surface area (Å²) in [5.74, 6) is 0. The molecule has 0 fully saturated rings. The van der Waals surface area contributed by atoms with Gasteiger partial charge in [-0.05, 0) is 0 Å². The summed E-state index contributed by atoms with van der Waals surface area (Å²) in [7, 11) is 0. The number of benzene rings is 2. The van der Waals surface area contributed by atoms with Gasteiger partial charge in [0.25, 0.3) is 0 Å². The van der Waals surface area contributed by atoms with Crippen LogP contribution < -0.4 is 10.6 Å². The van der Waals surface area contributed by atoms with Crippen molar-refractivity contribution < 1.29 is 0 Å². The molecule has 0 aromatic heterocycles. The first-order valence-corrected chi connectivity index (χ1v) is 11.0. The first kappa shape index (κ1) is 17.2. The normalized spacial score (nSPS) is 14.3. The molecule has 22 heavy (non-hydrogen) atoms. The van der Waals surface area contributed by atoms with E-state index >= 15 is 0 Å². The molecule has 0 unspecified atom stereocenters. The minimum absolute atomic E-state index is 0.621. The van der Waals surface area contributed by atoms with E-state index in [0.29, 0.717) is 17.0 Å². The van der Waals surface area contributed by atoms with E-state index in [9.17, 15) is 0 Å². The van der Waals surface area contributed by atoms with E-state index in [1.165, 1.54) is 0 Å². The Hall–Kier alpha value is -1.13. The van der Waals surface area contributed by atoms with E-state index in [1.54, 1.807) is 10.6 Å². The molecule has 0 aliphatic carbocycles. The molecule has 0 atom stereocenters. The van der Waals surface area contributed by atoms with Gasteiger partial charge in [0.2, 0.25) is 0 Å². The van der Waals surface area contributed by atoms with E-state index in [4.69, 9.17) is 0 Å². The van der Waals surface area contributed by atoms with Gasteiger partial charge < -0.3 is 0 Å². The maximum absolute atomic E-state index is 2.44. The first-order chi connectivity index (χ1) is 10.4. The quantitative estimate of drug-likeness (QED) is 0.647. The Bertz CT molecular complexity index is 528. The zero-order valence-electron chi connectivity index (χ0n) is 15.0. The van der Waals surface area contributed by atoms with E-state index in [1.807, 2.05) is 0 Å². The van der Waals surface area contributed by atoms with Gasteiger partial charge >= 0.3 is 136 Å². The van der Waals surface area contributed by atoms with Crippen molar-refractivity contribution in [2.75, 3.05) is 0 Å². The Morgan fingerprint density at radius 1 is 0.500 bits per heavy atom. The number of hydrogen-bond donors (Lipinski definition) is 0. The predicted octanol–water partition coefficient (Wildman–Crippen LogP) is 5.42. The second-order valence-electron chi connectivity index (χ2n) is 7.29. The van der Waals surface area contributed by atoms with Crippen molar-refractivity contribution in [1.82, 2.24) is 0 Å². The molecular weight excluding hydrogens is 283 g/mol. The molecule has 0 aliphatic heterocycles. The van der Waals surface area contributed by atoms with E-state index in [0.717, 1.165) is 0 Å². The SMILES string of the molecule is CC(C)P(c1ccccc1)(c1ccccc1)(C(C)C)C(C)C. The monoisotopic (exact) mass is 314 g/mol. The second kappa shape index (κ2) is 6.17. The summed E-state index contributed by atoms with van der Waals surface area (Å²) in [5.41, 5.74) is 1.86. The van der Waals surface area contributed by atoms with Gasteiger partial charge in [-0.15, -0.1) is 0 Å². The summed E-state index contributed by atoms with van der Waals surface area (Å²) in [6.45, 7) is 12.3. The molecule has 0 saturated carbocycles. The molecule has 0 saturated heterocycles. The molecule has 0 radical (unpaired) electrons. The molecule has 0 bridgehead atoms. The van der Waals surface area contributed by atoms with Crippen LogP contribution in [-0.2, 0) is 0 Å². The molecule has 0 spiro atoms. The van der Waals surface area contributed by atoms with Crippen LogP contribution in [0.2, 0.25) is 0 Å². The van der Waals surface area contributed by atoms with Crippen LogP contribution in [0.1, 0.15) is 41.5 Å². The van der Waals surface area contributed by atoms with Gasteiger partial charge in [0.1, 0.15) is 0 Å². The molecular formula is C21H31P. The molecule has 120 valence electrons. The summed E-state index contributed by atoms with van der Waals surface area (Å²) in [4.78, 5) is 0. The van der Waals surface area contributed by atoms with Crippen molar-refractivity contribution in [3.63, 3.8) is 0 Å². The minimum atomic E-state index is -2.34. The van der Waals surface area contributed by atoms with Crippen LogP contribution >= 0.6 is 6.60 Å². The van der Waals surface area contributed by atoms with Crippen molar-refractivity contribution in [2.24, 2.45) is 0 Å². The molecule has 2 aromatic carbocycles. The third-order valence-corrected chi connectivity index (χ3v) is 15.6. The standard InChI is InChI=1S/C21H31P/c1-17(2)22(18(3)4,19(5)6,20-13-9-7-10-14-20)21-15-11-8-12-16-21/h7-19H,1-6H3. The maximum atomic E-state index is 2.44. The Morgan fingerprint density at radius 3 is 1.00 bits per heavy atom. The van der Waals surface area contributed by atoms with Crippen molar-refractivity contribution >= 4 is 17.2 Å². The van der Waals surface area contributed by atoms with Gasteiger partial charge in [-0.3, -0.25) is 0 Å². The van der Waals surface area contributed by atoms with Crippen molar-refractivity contribution in [1.29, 1.82) is 0 Å². The molecule has 2 rings (SSSR count). The van der Waals surface area contributed by atoms with Crippen LogP contribution in [0.4, 0.5) is 0 Å². The van der Waals surface area contributed by atoms with Crippen molar-refractivity contribution in [3.05, 3.63) is 60.7 Å². The van der Waals surface area contributed by atoms with E-state index < -0.39 is 6.60 Å². The van der Waals surface area contributed by atoms with Gasteiger partial charge in [0, 0.05) is 0 Å². The number of rotatable bonds is 5. The summed E-state index contributed by atoms with van der Waals surface area (Å²) < 4.78 is 0. The third-order valence-electron chi connectivity index (χ3n) is 6.00. The van der Waals surface area contributed by atoms with Gasteiger partial charge in [-0.25, -0.2) is 0 Å². The Balaban J connectivity index is 3.01. The summed E-state index contributed by atoms with van der Waals surface area (Å²) in [6.07, 6.45) is 0. The van der Waals surface area contributed by atoms with Gasteiger partial charge in [0.05, 0.1) is 0 Å². The van der Waals surface area contributed by atoms with Crippen LogP contribution in [0.5, 0.6) is 0 Å². The van der Waals surface area contributed by atoms with Crippen LogP contribution in [-0.4, -0.2) is 17.0 Å². The van der Waals surface area contributed by atoms with Crippen LogP contribution in [0, 0.1) is 0 Å². The average molecular weight is 314 g/mol. The summed E-state index contributed by atoms with van der Waals surface area (Å²) in [6, 6.07) is 22.7. The molecule has 2 aromatic rings. The molecule has 1 heteroatoms. The average Bonchev–Trinajstić information content (AvgIpc) is 2.50. The van der Waals surface area contributed by atoms with Crippen LogP contribution in [0.25, 0.3) is 0 Å². The Kier molecular flexibility index (Phi) is 4.83. The first-order valence-electron chi connectivity index (χ1n) is 8.51. The zero-order valence-corrected chi connectivity index (χ0v) is 15.8. The second-order valence-corrected chi connectivity index (χ2v) is 14.1. The molecule has 0 amide bonds. The van der Waals surface area contributed by atoms with E-state index in [2.05, 4.69) is 102 Å². The fraction of sp³-hybridized carbons (Fsp3) is 0.429. The van der Waals surface area contributed by atoms with Crippen molar-refractivity contribution in [2.45, 2.75) is 58.5 Å². The van der Waals surface area contributed by atoms with Gasteiger partial charge in [-0.2, -0.15) is 0 Å². The third kappa shape index (κ3) is 2.00. The molecule has 0 nitrogen and oxygen atoms in total. The molecule has 0 heterocycles. The van der Waals surface area contributed by atoms with Crippen LogP contribution in [0.15, 0.2) is 60.7 Å². The zero-order chi connectivity index (χ0) is 16.4. The number of hydrogen-bond acceptors (Lipinski definition) is 0. The molecule has 0 N–H and O–H groups in total. The topological polar surface area (TPSA) is 0 Å². The molecule has 0 aliphatic rings. The van der Waals surface area contributed by atoms with Gasteiger partial charge in [0.15, 0.2) is 0 Å². The fourth-order valence-electron chi connectivity index (χ4n) is 5.25. The summed E-state index contributed by atoms with van der Waals surface area (Å²) >= 11 is 0. The fourth-order valence-corrected chi connectivity index (χ4v) is 14.4. The van der Waals surface area contributed by atoms with E-state index in [-0.39, 0.29) is 0 Å². The predicted molar refractivity (Wildman–Crippen MR) is 104 cm³/mol. The summed E-state index contributed by atoms with van der Waals surface area (Å²) in [5, 5.41) is 3.14. The van der Waals surface area contributed by atoms with Crippen molar-refractivity contribution in [3.8, 4) is 0 Å².